The fourth-order valence-corrected chi connectivity index (χ4v) is 2.53. The number of hydrogen-bond donors (Lipinski definition) is 2. The number of benzene rings is 1. The number of nitrogens with one attached hydrogen (secondary N) is 2. The number of carbonyl (C=O) groups is 2. The van der Waals surface area contributed by atoms with Crippen LogP contribution in [0.25, 0.3) is 0 Å². The van der Waals surface area contributed by atoms with Crippen LogP contribution in [-0.2, 0) is 9.59 Å². The summed E-state index contributed by atoms with van der Waals surface area (Å²) in [7, 11) is 0. The topological polar surface area (TPSA) is 58.2 Å². The summed E-state index contributed by atoms with van der Waals surface area (Å²) < 4.78 is 0. The van der Waals surface area contributed by atoms with E-state index in [1.807, 2.05) is 26.0 Å². The van der Waals surface area contributed by atoms with E-state index in [0.717, 1.165) is 16.3 Å². The maximum absolute atomic E-state index is 11.7. The number of amides is 2. The minimum atomic E-state index is -0.00171. The minimum Gasteiger partial charge on any atom is -0.326 e. The number of thioether (sulfide) groups is 1. The van der Waals surface area contributed by atoms with Gasteiger partial charge in [0.15, 0.2) is 0 Å². The highest BCUT2D eigenvalue weighted by Gasteiger charge is 2.16. The molecule has 1 aliphatic heterocycles. The summed E-state index contributed by atoms with van der Waals surface area (Å²) in [4.78, 5) is 24.0. The summed E-state index contributed by atoms with van der Waals surface area (Å²) in [6, 6.07) is 5.59. The number of hydrogen-bond acceptors (Lipinski definition) is 3. The molecular weight excluding hydrogens is 248 g/mol. The Kier molecular flexibility index (Phi) is 3.91. The van der Waals surface area contributed by atoms with Gasteiger partial charge in [0, 0.05) is 17.0 Å². The maximum atomic E-state index is 11.7. The van der Waals surface area contributed by atoms with Crippen molar-refractivity contribution in [3.8, 4) is 0 Å². The summed E-state index contributed by atoms with van der Waals surface area (Å²) in [6.07, 6.45) is 0.498. The zero-order valence-electron chi connectivity index (χ0n) is 10.4. The second-order valence-electron chi connectivity index (χ2n) is 4.69. The van der Waals surface area contributed by atoms with Crippen molar-refractivity contribution in [3.05, 3.63) is 18.2 Å². The Labute approximate surface area is 111 Å². The highest BCUT2D eigenvalue weighted by Crippen LogP contribution is 2.33. The molecule has 0 radical (unpaired) electrons. The molecule has 0 aliphatic carbocycles. The Bertz CT molecular complexity index is 486. The minimum absolute atomic E-state index is 0.000242. The number of anilines is 2. The lowest BCUT2D eigenvalue weighted by Crippen LogP contribution is -2.19. The molecule has 1 aromatic rings. The first kappa shape index (κ1) is 13.0. The molecule has 96 valence electrons. The van der Waals surface area contributed by atoms with Crippen LogP contribution in [-0.4, -0.2) is 17.6 Å². The van der Waals surface area contributed by atoms with E-state index in [4.69, 9.17) is 0 Å². The van der Waals surface area contributed by atoms with Gasteiger partial charge in [-0.3, -0.25) is 9.59 Å². The van der Waals surface area contributed by atoms with Crippen molar-refractivity contribution >= 4 is 35.0 Å². The van der Waals surface area contributed by atoms with Gasteiger partial charge in [-0.15, -0.1) is 11.8 Å². The fraction of sp³-hybridized carbons (Fsp3) is 0.385. The van der Waals surface area contributed by atoms with Gasteiger partial charge in [-0.2, -0.15) is 0 Å². The molecule has 5 heteroatoms. The smallest absolute Gasteiger partial charge is 0.234 e. The van der Waals surface area contributed by atoms with Crippen LogP contribution in [0, 0.1) is 5.92 Å². The first-order valence-corrected chi connectivity index (χ1v) is 6.89. The van der Waals surface area contributed by atoms with E-state index in [1.165, 1.54) is 11.8 Å². The number of fused-ring (bicyclic) bond motifs is 1. The second-order valence-corrected chi connectivity index (χ2v) is 5.71. The van der Waals surface area contributed by atoms with Crippen LogP contribution in [0.4, 0.5) is 11.4 Å². The molecule has 1 heterocycles. The molecule has 0 aromatic heterocycles. The third-order valence-electron chi connectivity index (χ3n) is 2.49. The molecule has 0 spiro atoms. The monoisotopic (exact) mass is 264 g/mol. The average molecular weight is 264 g/mol. The third kappa shape index (κ3) is 3.26. The Balaban J connectivity index is 2.09. The van der Waals surface area contributed by atoms with Crippen molar-refractivity contribution in [1.82, 2.24) is 0 Å². The van der Waals surface area contributed by atoms with Gasteiger partial charge in [-0.1, -0.05) is 13.8 Å². The van der Waals surface area contributed by atoms with Crippen molar-refractivity contribution in [1.29, 1.82) is 0 Å². The summed E-state index contributed by atoms with van der Waals surface area (Å²) >= 11 is 1.51. The fourth-order valence-electron chi connectivity index (χ4n) is 1.74. The molecule has 0 saturated carbocycles. The first-order chi connectivity index (χ1) is 8.54. The quantitative estimate of drug-likeness (QED) is 0.882. The SMILES string of the molecule is CC(C)CC(=O)Nc1ccc2c(c1)NC(=O)CS2. The van der Waals surface area contributed by atoms with Gasteiger partial charge in [0.25, 0.3) is 0 Å². The molecular formula is C13H16N2O2S. The predicted octanol–water partition coefficient (Wildman–Crippen LogP) is 2.72. The molecule has 0 bridgehead atoms. The van der Waals surface area contributed by atoms with Crippen LogP contribution < -0.4 is 10.6 Å². The lowest BCUT2D eigenvalue weighted by atomic mass is 10.1. The molecule has 0 saturated heterocycles. The molecule has 0 atom stereocenters. The summed E-state index contributed by atoms with van der Waals surface area (Å²) in [5.74, 6) is 0.780. The molecule has 2 amide bonds. The van der Waals surface area contributed by atoms with E-state index >= 15 is 0 Å². The predicted molar refractivity (Wildman–Crippen MR) is 73.9 cm³/mol. The van der Waals surface area contributed by atoms with Crippen molar-refractivity contribution in [2.75, 3.05) is 16.4 Å². The van der Waals surface area contributed by atoms with Crippen LogP contribution in [0.1, 0.15) is 20.3 Å². The number of rotatable bonds is 3. The largest absolute Gasteiger partial charge is 0.326 e. The Morgan fingerprint density at radius 2 is 2.28 bits per heavy atom. The van der Waals surface area contributed by atoms with Gasteiger partial charge < -0.3 is 10.6 Å². The summed E-state index contributed by atoms with van der Waals surface area (Å²) in [5, 5.41) is 5.64. The summed E-state index contributed by atoms with van der Waals surface area (Å²) in [5.41, 5.74) is 1.50. The molecule has 2 N–H and O–H groups in total. The molecule has 18 heavy (non-hydrogen) atoms. The van der Waals surface area contributed by atoms with Gasteiger partial charge in [0.2, 0.25) is 11.8 Å². The second kappa shape index (κ2) is 5.44. The normalized spacial score (nSPS) is 14.1. The maximum Gasteiger partial charge on any atom is 0.234 e. The summed E-state index contributed by atoms with van der Waals surface area (Å²) in [6.45, 7) is 4.01. The van der Waals surface area contributed by atoms with Gasteiger partial charge in [0.05, 0.1) is 11.4 Å². The number of carbonyl (C=O) groups excluding carboxylic acids is 2. The third-order valence-corrected chi connectivity index (χ3v) is 3.56. The van der Waals surface area contributed by atoms with E-state index in [1.54, 1.807) is 6.07 Å². The Hall–Kier alpha value is -1.49. The van der Waals surface area contributed by atoms with Crippen LogP contribution in [0.2, 0.25) is 0 Å². The van der Waals surface area contributed by atoms with Gasteiger partial charge in [0.1, 0.15) is 0 Å². The van der Waals surface area contributed by atoms with Gasteiger partial charge in [-0.25, -0.2) is 0 Å². The van der Waals surface area contributed by atoms with Crippen molar-refractivity contribution in [2.24, 2.45) is 5.92 Å². The van der Waals surface area contributed by atoms with Crippen LogP contribution in [0.3, 0.4) is 0 Å². The van der Waals surface area contributed by atoms with E-state index < -0.39 is 0 Å². The van der Waals surface area contributed by atoms with Crippen molar-refractivity contribution < 1.29 is 9.59 Å². The Morgan fingerprint density at radius 1 is 1.50 bits per heavy atom. The van der Waals surface area contributed by atoms with E-state index in [-0.39, 0.29) is 11.8 Å². The highest BCUT2D eigenvalue weighted by molar-refractivity contribution is 8.00. The van der Waals surface area contributed by atoms with E-state index in [2.05, 4.69) is 10.6 Å². The van der Waals surface area contributed by atoms with Crippen LogP contribution in [0.5, 0.6) is 0 Å². The Morgan fingerprint density at radius 3 is 3.00 bits per heavy atom. The molecule has 0 unspecified atom stereocenters. The standard InChI is InChI=1S/C13H16N2O2S/c1-8(2)5-12(16)14-9-3-4-11-10(6-9)15-13(17)7-18-11/h3-4,6,8H,5,7H2,1-2H3,(H,14,16)(H,15,17). The zero-order chi connectivity index (χ0) is 13.1. The molecule has 2 rings (SSSR count). The van der Waals surface area contributed by atoms with Crippen LogP contribution in [0.15, 0.2) is 23.1 Å². The molecule has 1 aliphatic rings. The van der Waals surface area contributed by atoms with E-state index in [9.17, 15) is 9.59 Å². The first-order valence-electron chi connectivity index (χ1n) is 5.91. The zero-order valence-corrected chi connectivity index (χ0v) is 11.3. The molecule has 0 fully saturated rings. The van der Waals surface area contributed by atoms with Gasteiger partial charge >= 0.3 is 0 Å². The average Bonchev–Trinajstić information content (AvgIpc) is 2.27. The van der Waals surface area contributed by atoms with Crippen LogP contribution >= 0.6 is 11.8 Å². The lowest BCUT2D eigenvalue weighted by Gasteiger charge is -2.17. The molecule has 1 aromatic carbocycles. The van der Waals surface area contributed by atoms with Crippen molar-refractivity contribution in [2.45, 2.75) is 25.2 Å². The lowest BCUT2D eigenvalue weighted by molar-refractivity contribution is -0.117. The molecule has 4 nitrogen and oxygen atoms in total. The highest BCUT2D eigenvalue weighted by atomic mass is 32.2. The van der Waals surface area contributed by atoms with E-state index in [0.29, 0.717) is 18.1 Å². The van der Waals surface area contributed by atoms with Gasteiger partial charge in [-0.05, 0) is 24.1 Å². The van der Waals surface area contributed by atoms with Crippen molar-refractivity contribution in [3.63, 3.8) is 0 Å².